The zero-order valence-corrected chi connectivity index (χ0v) is 10.9. The molecule has 2 rings (SSSR count). The molecule has 102 valence electrons. The number of nitrogens with two attached hydrogens (primary N) is 1. The molecule has 1 aromatic heterocycles. The van der Waals surface area contributed by atoms with E-state index in [0.717, 1.165) is 5.76 Å². The van der Waals surface area contributed by atoms with E-state index in [1.54, 1.807) is 36.4 Å². The standard InChI is InChI=1S/C15H14N2O3/c1-10-2-7-13(20-10)8-9-14(18)17-12-5-3-11(4-6-12)15(16)19/h2-9H,1H3,(H2,16,19)(H,17,18)/b9-8+. The van der Waals surface area contributed by atoms with Gasteiger partial charge in [0, 0.05) is 17.3 Å². The van der Waals surface area contributed by atoms with Crippen LogP contribution in [0.4, 0.5) is 5.69 Å². The number of hydrogen-bond donors (Lipinski definition) is 2. The van der Waals surface area contributed by atoms with Crippen molar-refractivity contribution < 1.29 is 14.0 Å². The van der Waals surface area contributed by atoms with E-state index < -0.39 is 5.91 Å². The average Bonchev–Trinajstić information content (AvgIpc) is 2.83. The SMILES string of the molecule is Cc1ccc(/C=C/C(=O)Nc2ccc(C(N)=O)cc2)o1. The molecule has 0 fully saturated rings. The Balaban J connectivity index is 1.97. The maximum absolute atomic E-state index is 11.7. The number of amides is 2. The fourth-order valence-corrected chi connectivity index (χ4v) is 1.60. The average molecular weight is 270 g/mol. The summed E-state index contributed by atoms with van der Waals surface area (Å²) in [5.74, 6) is 0.607. The maximum atomic E-state index is 11.7. The van der Waals surface area contributed by atoms with Crippen LogP contribution in [-0.2, 0) is 4.79 Å². The monoisotopic (exact) mass is 270 g/mol. The third kappa shape index (κ3) is 3.58. The Bertz CT molecular complexity index is 654. The van der Waals surface area contributed by atoms with Gasteiger partial charge in [0.25, 0.3) is 0 Å². The summed E-state index contributed by atoms with van der Waals surface area (Å²) in [5.41, 5.74) is 6.11. The van der Waals surface area contributed by atoms with E-state index in [1.165, 1.54) is 6.08 Å². The first-order valence-corrected chi connectivity index (χ1v) is 6.00. The first kappa shape index (κ1) is 13.6. The minimum absolute atomic E-state index is 0.286. The zero-order valence-electron chi connectivity index (χ0n) is 10.9. The van der Waals surface area contributed by atoms with Crippen molar-refractivity contribution in [1.82, 2.24) is 0 Å². The smallest absolute Gasteiger partial charge is 0.248 e. The molecule has 0 aliphatic carbocycles. The molecular formula is C15H14N2O3. The van der Waals surface area contributed by atoms with Gasteiger partial charge in [0.1, 0.15) is 11.5 Å². The lowest BCUT2D eigenvalue weighted by molar-refractivity contribution is -0.111. The minimum atomic E-state index is -0.504. The highest BCUT2D eigenvalue weighted by Crippen LogP contribution is 2.10. The van der Waals surface area contributed by atoms with Crippen molar-refractivity contribution in [3.8, 4) is 0 Å². The van der Waals surface area contributed by atoms with Crippen LogP contribution in [0.25, 0.3) is 6.08 Å². The molecule has 0 radical (unpaired) electrons. The number of hydrogen-bond acceptors (Lipinski definition) is 3. The van der Waals surface area contributed by atoms with E-state index in [1.807, 2.05) is 13.0 Å². The van der Waals surface area contributed by atoms with E-state index in [9.17, 15) is 9.59 Å². The molecule has 20 heavy (non-hydrogen) atoms. The van der Waals surface area contributed by atoms with Gasteiger partial charge in [-0.2, -0.15) is 0 Å². The summed E-state index contributed by atoms with van der Waals surface area (Å²) < 4.78 is 5.31. The summed E-state index contributed by atoms with van der Waals surface area (Å²) in [5, 5.41) is 2.67. The molecule has 0 atom stereocenters. The molecule has 1 aromatic carbocycles. The van der Waals surface area contributed by atoms with Gasteiger partial charge in [-0.15, -0.1) is 0 Å². The predicted molar refractivity (Wildman–Crippen MR) is 76.1 cm³/mol. The Kier molecular flexibility index (Phi) is 4.00. The van der Waals surface area contributed by atoms with Crippen molar-refractivity contribution in [2.75, 3.05) is 5.32 Å². The Labute approximate surface area is 116 Å². The molecule has 0 saturated carbocycles. The summed E-state index contributed by atoms with van der Waals surface area (Å²) in [6, 6.07) is 9.93. The summed E-state index contributed by atoms with van der Waals surface area (Å²) in [6.45, 7) is 1.83. The lowest BCUT2D eigenvalue weighted by Gasteiger charge is -2.02. The Morgan fingerprint density at radius 3 is 2.40 bits per heavy atom. The fourth-order valence-electron chi connectivity index (χ4n) is 1.60. The summed E-state index contributed by atoms with van der Waals surface area (Å²) in [7, 11) is 0. The number of carbonyl (C=O) groups excluding carboxylic acids is 2. The first-order chi connectivity index (χ1) is 9.54. The predicted octanol–water partition coefficient (Wildman–Crippen LogP) is 2.34. The summed E-state index contributed by atoms with van der Waals surface area (Å²) >= 11 is 0. The molecule has 5 heteroatoms. The van der Waals surface area contributed by atoms with Crippen LogP contribution in [0, 0.1) is 6.92 Å². The number of furan rings is 1. The van der Waals surface area contributed by atoms with Crippen LogP contribution in [0.15, 0.2) is 46.9 Å². The second-order valence-electron chi connectivity index (χ2n) is 4.21. The summed E-state index contributed by atoms with van der Waals surface area (Å²) in [6.07, 6.45) is 2.96. The molecule has 1 heterocycles. The van der Waals surface area contributed by atoms with E-state index in [0.29, 0.717) is 17.0 Å². The van der Waals surface area contributed by atoms with Crippen LogP contribution < -0.4 is 11.1 Å². The molecular weight excluding hydrogens is 256 g/mol. The first-order valence-electron chi connectivity index (χ1n) is 6.00. The zero-order chi connectivity index (χ0) is 14.5. The fraction of sp³-hybridized carbons (Fsp3) is 0.0667. The minimum Gasteiger partial charge on any atom is -0.462 e. The van der Waals surface area contributed by atoms with E-state index in [4.69, 9.17) is 10.2 Å². The van der Waals surface area contributed by atoms with Crippen LogP contribution in [0.2, 0.25) is 0 Å². The molecule has 0 unspecified atom stereocenters. The van der Waals surface area contributed by atoms with Gasteiger partial charge in [0.2, 0.25) is 11.8 Å². The largest absolute Gasteiger partial charge is 0.462 e. The molecule has 5 nitrogen and oxygen atoms in total. The Morgan fingerprint density at radius 2 is 1.85 bits per heavy atom. The quantitative estimate of drug-likeness (QED) is 0.836. The maximum Gasteiger partial charge on any atom is 0.248 e. The van der Waals surface area contributed by atoms with Gasteiger partial charge in [-0.25, -0.2) is 0 Å². The third-order valence-corrected chi connectivity index (χ3v) is 2.60. The molecule has 0 spiro atoms. The molecule has 0 saturated heterocycles. The van der Waals surface area contributed by atoms with Crippen LogP contribution in [0.5, 0.6) is 0 Å². The topological polar surface area (TPSA) is 85.3 Å². The van der Waals surface area contributed by atoms with Gasteiger partial charge < -0.3 is 15.5 Å². The van der Waals surface area contributed by atoms with Crippen molar-refractivity contribution in [3.05, 3.63) is 59.6 Å². The highest BCUT2D eigenvalue weighted by Gasteiger charge is 2.02. The lowest BCUT2D eigenvalue weighted by atomic mass is 10.2. The van der Waals surface area contributed by atoms with Crippen molar-refractivity contribution >= 4 is 23.6 Å². The molecule has 3 N–H and O–H groups in total. The normalized spacial score (nSPS) is 10.7. The van der Waals surface area contributed by atoms with E-state index in [-0.39, 0.29) is 5.91 Å². The number of nitrogens with one attached hydrogen (secondary N) is 1. The van der Waals surface area contributed by atoms with Gasteiger partial charge in [-0.3, -0.25) is 9.59 Å². The van der Waals surface area contributed by atoms with Crippen LogP contribution in [0.3, 0.4) is 0 Å². The van der Waals surface area contributed by atoms with Crippen LogP contribution >= 0.6 is 0 Å². The third-order valence-electron chi connectivity index (χ3n) is 2.60. The molecule has 0 bridgehead atoms. The molecule has 0 aliphatic heterocycles. The van der Waals surface area contributed by atoms with E-state index >= 15 is 0 Å². The van der Waals surface area contributed by atoms with Crippen molar-refractivity contribution in [1.29, 1.82) is 0 Å². The number of carbonyl (C=O) groups is 2. The van der Waals surface area contributed by atoms with Crippen LogP contribution in [-0.4, -0.2) is 11.8 Å². The summed E-state index contributed by atoms with van der Waals surface area (Å²) in [4.78, 5) is 22.6. The van der Waals surface area contributed by atoms with Gasteiger partial charge in [-0.05, 0) is 49.4 Å². The van der Waals surface area contributed by atoms with Crippen molar-refractivity contribution in [3.63, 3.8) is 0 Å². The van der Waals surface area contributed by atoms with Crippen molar-refractivity contribution in [2.45, 2.75) is 6.92 Å². The van der Waals surface area contributed by atoms with Gasteiger partial charge in [0.05, 0.1) is 0 Å². The molecule has 2 amide bonds. The molecule has 0 aliphatic rings. The second-order valence-corrected chi connectivity index (χ2v) is 4.21. The second kappa shape index (κ2) is 5.88. The number of rotatable bonds is 4. The number of benzene rings is 1. The highest BCUT2D eigenvalue weighted by molar-refractivity contribution is 6.02. The van der Waals surface area contributed by atoms with Crippen molar-refractivity contribution in [2.24, 2.45) is 5.73 Å². The van der Waals surface area contributed by atoms with Gasteiger partial charge >= 0.3 is 0 Å². The number of primary amides is 1. The Hall–Kier alpha value is -2.82. The van der Waals surface area contributed by atoms with Gasteiger partial charge in [0.15, 0.2) is 0 Å². The lowest BCUT2D eigenvalue weighted by Crippen LogP contribution is -2.11. The van der Waals surface area contributed by atoms with Crippen LogP contribution in [0.1, 0.15) is 21.9 Å². The number of anilines is 1. The van der Waals surface area contributed by atoms with E-state index in [2.05, 4.69) is 5.32 Å². The van der Waals surface area contributed by atoms with Gasteiger partial charge in [-0.1, -0.05) is 0 Å². The highest BCUT2D eigenvalue weighted by atomic mass is 16.3. The Morgan fingerprint density at radius 1 is 1.15 bits per heavy atom. The number of aryl methyl sites for hydroxylation is 1. The molecule has 2 aromatic rings.